The number of aromatic nitrogens is 4. The van der Waals surface area contributed by atoms with Crippen LogP contribution in [0.4, 0.5) is 0 Å². The van der Waals surface area contributed by atoms with E-state index in [2.05, 4.69) is 39.9 Å². The van der Waals surface area contributed by atoms with Crippen LogP contribution in [0, 0.1) is 13.8 Å². The van der Waals surface area contributed by atoms with Gasteiger partial charge in [-0.25, -0.2) is 10.1 Å². The Morgan fingerprint density at radius 3 is 2.61 bits per heavy atom. The zero-order valence-electron chi connectivity index (χ0n) is 18.7. The van der Waals surface area contributed by atoms with Crippen LogP contribution in [0.1, 0.15) is 39.5 Å². The smallest absolute Gasteiger partial charge is 0.271 e. The Morgan fingerprint density at radius 1 is 1.00 bits per heavy atom. The first-order chi connectivity index (χ1) is 16.0. The van der Waals surface area contributed by atoms with E-state index in [0.29, 0.717) is 17.9 Å². The van der Waals surface area contributed by atoms with Crippen LogP contribution in [0.3, 0.4) is 0 Å². The van der Waals surface area contributed by atoms with Crippen molar-refractivity contribution in [2.24, 2.45) is 5.10 Å². The third-order valence-electron chi connectivity index (χ3n) is 5.28. The number of nitrogens with zero attached hydrogens (tertiary/aromatic N) is 5. The van der Waals surface area contributed by atoms with Crippen molar-refractivity contribution in [3.8, 4) is 11.4 Å². The fourth-order valence-corrected chi connectivity index (χ4v) is 3.19. The highest BCUT2D eigenvalue weighted by atomic mass is 16.5. The third kappa shape index (κ3) is 5.48. The summed E-state index contributed by atoms with van der Waals surface area (Å²) in [5.41, 5.74) is 8.74. The molecule has 3 aromatic carbocycles. The lowest BCUT2D eigenvalue weighted by molar-refractivity contribution is 0.0954. The molecule has 1 heterocycles. The first kappa shape index (κ1) is 21.9. The van der Waals surface area contributed by atoms with Crippen LogP contribution in [0.2, 0.25) is 0 Å². The van der Waals surface area contributed by atoms with Crippen molar-refractivity contribution >= 4 is 11.6 Å². The maximum absolute atomic E-state index is 12.7. The summed E-state index contributed by atoms with van der Waals surface area (Å²) in [4.78, 5) is 12.7. The predicted octanol–water partition coefficient (Wildman–Crippen LogP) is 4.01. The topological polar surface area (TPSA) is 94.3 Å². The lowest BCUT2D eigenvalue weighted by Gasteiger charge is -2.09. The largest absolute Gasteiger partial charge is 0.489 e. The van der Waals surface area contributed by atoms with Crippen molar-refractivity contribution in [3.63, 3.8) is 0 Å². The Balaban J connectivity index is 1.40. The summed E-state index contributed by atoms with van der Waals surface area (Å²) in [5.74, 6) is 0.510. The van der Waals surface area contributed by atoms with Crippen molar-refractivity contribution in [2.75, 3.05) is 0 Å². The number of nitrogens with one attached hydrogen (secondary N) is 1. The van der Waals surface area contributed by atoms with E-state index in [4.69, 9.17) is 4.74 Å². The Kier molecular flexibility index (Phi) is 6.54. The predicted molar refractivity (Wildman–Crippen MR) is 126 cm³/mol. The Labute approximate surface area is 191 Å². The van der Waals surface area contributed by atoms with Gasteiger partial charge in [-0.1, -0.05) is 30.3 Å². The Bertz CT molecular complexity index is 1300. The molecule has 0 fully saturated rings. The number of amides is 1. The summed E-state index contributed by atoms with van der Waals surface area (Å²) in [7, 11) is 0. The second kappa shape index (κ2) is 9.86. The number of hydrazone groups is 1. The number of hydrogen-bond donors (Lipinski definition) is 1. The van der Waals surface area contributed by atoms with E-state index in [-0.39, 0.29) is 5.91 Å². The lowest BCUT2D eigenvalue weighted by atomic mass is 10.1. The second-order valence-electron chi connectivity index (χ2n) is 7.68. The number of aryl methyl sites for hydroxylation is 2. The molecule has 0 spiro atoms. The minimum absolute atomic E-state index is 0.293. The van der Waals surface area contributed by atoms with Crippen LogP contribution in [-0.2, 0) is 6.61 Å². The fourth-order valence-electron chi connectivity index (χ4n) is 3.19. The SMILES string of the molecule is CC(=NNC(=O)c1cccc(COc2ccc(C)c(C)c2)c1)c1cccc(-n2cnnn2)c1. The van der Waals surface area contributed by atoms with Crippen molar-refractivity contribution in [1.29, 1.82) is 0 Å². The number of hydrogen-bond acceptors (Lipinski definition) is 6. The molecule has 0 aliphatic rings. The molecule has 8 nitrogen and oxygen atoms in total. The summed E-state index contributed by atoms with van der Waals surface area (Å²) in [6.45, 7) is 6.32. The summed E-state index contributed by atoms with van der Waals surface area (Å²) in [6.07, 6.45) is 1.52. The zero-order chi connectivity index (χ0) is 23.2. The summed E-state index contributed by atoms with van der Waals surface area (Å²) in [5, 5.41) is 15.4. The van der Waals surface area contributed by atoms with Crippen molar-refractivity contribution in [2.45, 2.75) is 27.4 Å². The molecule has 1 aromatic heterocycles. The van der Waals surface area contributed by atoms with Gasteiger partial charge in [0, 0.05) is 5.56 Å². The van der Waals surface area contributed by atoms with Crippen LogP contribution in [0.5, 0.6) is 5.75 Å². The van der Waals surface area contributed by atoms with Crippen molar-refractivity contribution in [1.82, 2.24) is 25.6 Å². The van der Waals surface area contributed by atoms with E-state index in [0.717, 1.165) is 22.6 Å². The highest BCUT2D eigenvalue weighted by Crippen LogP contribution is 2.18. The molecule has 0 unspecified atom stereocenters. The average molecular weight is 441 g/mol. The second-order valence-corrected chi connectivity index (χ2v) is 7.68. The van der Waals surface area contributed by atoms with Crippen LogP contribution in [0.15, 0.2) is 78.2 Å². The van der Waals surface area contributed by atoms with Gasteiger partial charge in [0.1, 0.15) is 18.7 Å². The van der Waals surface area contributed by atoms with Gasteiger partial charge in [0.15, 0.2) is 0 Å². The number of tetrazole rings is 1. The molecule has 0 saturated carbocycles. The van der Waals surface area contributed by atoms with Crippen LogP contribution < -0.4 is 10.2 Å². The third-order valence-corrected chi connectivity index (χ3v) is 5.28. The molecule has 1 N–H and O–H groups in total. The van der Waals surface area contributed by atoms with E-state index in [1.165, 1.54) is 17.5 Å². The van der Waals surface area contributed by atoms with Crippen molar-refractivity contribution < 1.29 is 9.53 Å². The monoisotopic (exact) mass is 440 g/mol. The van der Waals surface area contributed by atoms with Gasteiger partial charge >= 0.3 is 0 Å². The molecule has 0 radical (unpaired) electrons. The first-order valence-corrected chi connectivity index (χ1v) is 10.5. The molecular formula is C25H24N6O2. The molecular weight excluding hydrogens is 416 g/mol. The molecule has 0 aliphatic carbocycles. The Morgan fingerprint density at radius 2 is 1.82 bits per heavy atom. The number of carbonyl (C=O) groups excluding carboxylic acids is 1. The van der Waals surface area contributed by atoms with Gasteiger partial charge in [-0.3, -0.25) is 4.79 Å². The van der Waals surface area contributed by atoms with E-state index in [1.54, 1.807) is 16.8 Å². The van der Waals surface area contributed by atoms with Gasteiger partial charge in [0.2, 0.25) is 0 Å². The molecule has 166 valence electrons. The van der Waals surface area contributed by atoms with E-state index in [1.807, 2.05) is 61.5 Å². The van der Waals surface area contributed by atoms with Gasteiger partial charge < -0.3 is 4.74 Å². The molecule has 33 heavy (non-hydrogen) atoms. The maximum atomic E-state index is 12.7. The number of ether oxygens (including phenoxy) is 1. The van der Waals surface area contributed by atoms with Crippen molar-refractivity contribution in [3.05, 3.63) is 101 Å². The molecule has 0 aliphatic heterocycles. The molecule has 1 amide bonds. The maximum Gasteiger partial charge on any atom is 0.271 e. The van der Waals surface area contributed by atoms with Gasteiger partial charge in [-0.05, 0) is 89.8 Å². The van der Waals surface area contributed by atoms with Gasteiger partial charge in [0.05, 0.1) is 11.4 Å². The molecule has 4 rings (SSSR count). The molecule has 0 atom stereocenters. The minimum Gasteiger partial charge on any atom is -0.489 e. The van der Waals surface area contributed by atoms with E-state index < -0.39 is 0 Å². The highest BCUT2D eigenvalue weighted by Gasteiger charge is 2.08. The van der Waals surface area contributed by atoms with E-state index in [9.17, 15) is 4.79 Å². The zero-order valence-corrected chi connectivity index (χ0v) is 18.7. The van der Waals surface area contributed by atoms with E-state index >= 15 is 0 Å². The normalized spacial score (nSPS) is 11.3. The number of carbonyl (C=O) groups is 1. The number of benzene rings is 3. The highest BCUT2D eigenvalue weighted by molar-refractivity contribution is 6.01. The quantitative estimate of drug-likeness (QED) is 0.346. The standard InChI is InChI=1S/C25H24N6O2/c1-17-10-11-24(12-18(17)2)33-15-20-6-4-8-22(13-20)25(32)28-27-19(3)21-7-5-9-23(14-21)31-16-26-29-30-31/h4-14,16H,15H2,1-3H3,(H,28,32). The van der Waals surface area contributed by atoms with Gasteiger partial charge in [-0.2, -0.15) is 5.10 Å². The summed E-state index contributed by atoms with van der Waals surface area (Å²) < 4.78 is 7.44. The first-order valence-electron chi connectivity index (χ1n) is 10.5. The van der Waals surface area contributed by atoms with Gasteiger partial charge in [-0.15, -0.1) is 5.10 Å². The minimum atomic E-state index is -0.293. The van der Waals surface area contributed by atoms with Crippen LogP contribution >= 0.6 is 0 Å². The lowest BCUT2D eigenvalue weighted by Crippen LogP contribution is -2.19. The summed E-state index contributed by atoms with van der Waals surface area (Å²) >= 11 is 0. The molecule has 8 heteroatoms. The molecule has 0 bridgehead atoms. The van der Waals surface area contributed by atoms with Crippen LogP contribution in [0.25, 0.3) is 5.69 Å². The Hall–Kier alpha value is -4.33. The van der Waals surface area contributed by atoms with Crippen LogP contribution in [-0.4, -0.2) is 31.8 Å². The fraction of sp³-hybridized carbons (Fsp3) is 0.160. The summed E-state index contributed by atoms with van der Waals surface area (Å²) in [6, 6.07) is 20.9. The average Bonchev–Trinajstić information content (AvgIpc) is 3.38. The molecule has 4 aromatic rings. The number of rotatable bonds is 7. The van der Waals surface area contributed by atoms with Gasteiger partial charge in [0.25, 0.3) is 5.91 Å². The molecule has 0 saturated heterocycles.